The smallest absolute Gasteiger partial charge is 0.343 e. The number of hydrogen-bond donors (Lipinski definition) is 2. The van der Waals surface area contributed by atoms with Gasteiger partial charge in [0.15, 0.2) is 11.5 Å². The lowest BCUT2D eigenvalue weighted by Gasteiger charge is -2.16. The van der Waals surface area contributed by atoms with Crippen molar-refractivity contribution in [3.8, 4) is 11.5 Å². The summed E-state index contributed by atoms with van der Waals surface area (Å²) in [6, 6.07) is 12.8. The minimum Gasteiger partial charge on any atom is -0.504 e. The lowest BCUT2D eigenvalue weighted by Crippen LogP contribution is -2.26. The Labute approximate surface area is 127 Å². The molecule has 2 aromatic carbocycles. The molecule has 6 heteroatoms. The Hall–Kier alpha value is -3.02. The van der Waals surface area contributed by atoms with E-state index in [-0.39, 0.29) is 17.1 Å². The topological polar surface area (TPSA) is 98.9 Å². The third kappa shape index (κ3) is 3.17. The van der Waals surface area contributed by atoms with Gasteiger partial charge in [-0.1, -0.05) is 36.4 Å². The fraction of sp³-hybridized carbons (Fsp3) is 0.125. The summed E-state index contributed by atoms with van der Waals surface area (Å²) in [5.74, 6) is -1.90. The molecule has 0 bridgehead atoms. The van der Waals surface area contributed by atoms with Gasteiger partial charge in [-0.15, -0.1) is 0 Å². The molecule has 22 heavy (non-hydrogen) atoms. The molecule has 2 aromatic rings. The van der Waals surface area contributed by atoms with E-state index in [1.54, 1.807) is 30.3 Å². The largest absolute Gasteiger partial charge is 0.504 e. The van der Waals surface area contributed by atoms with Gasteiger partial charge in [-0.2, -0.15) is 0 Å². The molecule has 2 rings (SSSR count). The molecule has 0 heterocycles. The van der Waals surface area contributed by atoms with Crippen molar-refractivity contribution >= 4 is 11.9 Å². The molecule has 0 saturated carbocycles. The summed E-state index contributed by atoms with van der Waals surface area (Å²) in [6.07, 6.45) is -1.24. The van der Waals surface area contributed by atoms with Crippen LogP contribution in [0.1, 0.15) is 22.0 Å². The molecular weight excluding hydrogens is 286 g/mol. The number of nitrogens with two attached hydrogens (primary N) is 1. The standard InChI is InChI=1S/C16H15NO5/c1-21-12-9-5-8-11(13(12)18)16(20)22-14(15(17)19)10-6-3-2-4-7-10/h2-9,14,18H,1H3,(H2,17,19). The highest BCUT2D eigenvalue weighted by atomic mass is 16.5. The number of benzene rings is 2. The Morgan fingerprint density at radius 3 is 2.36 bits per heavy atom. The van der Waals surface area contributed by atoms with Crippen LogP contribution in [0.4, 0.5) is 0 Å². The first-order chi connectivity index (χ1) is 10.5. The Kier molecular flexibility index (Phi) is 4.63. The predicted molar refractivity (Wildman–Crippen MR) is 78.5 cm³/mol. The lowest BCUT2D eigenvalue weighted by molar-refractivity contribution is -0.127. The monoisotopic (exact) mass is 301 g/mol. The van der Waals surface area contributed by atoms with Crippen LogP contribution < -0.4 is 10.5 Å². The summed E-state index contributed by atoms with van der Waals surface area (Å²) >= 11 is 0. The molecule has 0 aliphatic heterocycles. The van der Waals surface area contributed by atoms with E-state index in [0.29, 0.717) is 5.56 Å². The second-order valence-electron chi connectivity index (χ2n) is 4.45. The first kappa shape index (κ1) is 15.4. The van der Waals surface area contributed by atoms with Gasteiger partial charge in [0.05, 0.1) is 7.11 Å². The van der Waals surface area contributed by atoms with Gasteiger partial charge < -0.3 is 20.3 Å². The Balaban J connectivity index is 2.28. The molecule has 0 fully saturated rings. The normalized spacial score (nSPS) is 11.5. The average molecular weight is 301 g/mol. The van der Waals surface area contributed by atoms with Crippen LogP contribution in [0, 0.1) is 0 Å². The van der Waals surface area contributed by atoms with Gasteiger partial charge >= 0.3 is 5.97 Å². The molecule has 114 valence electrons. The van der Waals surface area contributed by atoms with Crippen molar-refractivity contribution in [1.29, 1.82) is 0 Å². The van der Waals surface area contributed by atoms with Gasteiger partial charge in [0.2, 0.25) is 6.10 Å². The molecule has 1 amide bonds. The number of methoxy groups -OCH3 is 1. The summed E-state index contributed by atoms with van der Waals surface area (Å²) in [6.45, 7) is 0. The zero-order valence-corrected chi connectivity index (χ0v) is 11.9. The van der Waals surface area contributed by atoms with Gasteiger partial charge in [-0.05, 0) is 12.1 Å². The number of amides is 1. The van der Waals surface area contributed by atoms with E-state index < -0.39 is 18.0 Å². The molecule has 1 atom stereocenters. The van der Waals surface area contributed by atoms with Crippen LogP contribution in [0.2, 0.25) is 0 Å². The van der Waals surface area contributed by atoms with Gasteiger partial charge in [-0.3, -0.25) is 4.79 Å². The number of para-hydroxylation sites is 1. The number of primary amides is 1. The molecule has 0 aliphatic carbocycles. The number of phenolic OH excluding ortho intramolecular Hbond substituents is 1. The highest BCUT2D eigenvalue weighted by Gasteiger charge is 2.25. The van der Waals surface area contributed by atoms with Crippen molar-refractivity contribution < 1.29 is 24.2 Å². The number of aromatic hydroxyl groups is 1. The first-order valence-electron chi connectivity index (χ1n) is 6.45. The first-order valence-corrected chi connectivity index (χ1v) is 6.45. The summed E-state index contributed by atoms with van der Waals surface area (Å²) in [7, 11) is 1.36. The van der Waals surface area contributed by atoms with E-state index >= 15 is 0 Å². The summed E-state index contributed by atoms with van der Waals surface area (Å²) in [4.78, 5) is 23.7. The lowest BCUT2D eigenvalue weighted by atomic mass is 10.1. The Morgan fingerprint density at radius 1 is 1.09 bits per heavy atom. The molecule has 6 nitrogen and oxygen atoms in total. The second kappa shape index (κ2) is 6.62. The van der Waals surface area contributed by atoms with Crippen molar-refractivity contribution in [2.45, 2.75) is 6.10 Å². The predicted octanol–water partition coefficient (Wildman–Crippen LogP) is 1.78. The summed E-state index contributed by atoms with van der Waals surface area (Å²) < 4.78 is 10.1. The maximum Gasteiger partial charge on any atom is 0.343 e. The van der Waals surface area contributed by atoms with Crippen LogP contribution >= 0.6 is 0 Å². The van der Waals surface area contributed by atoms with Crippen molar-refractivity contribution in [3.05, 3.63) is 59.7 Å². The fourth-order valence-corrected chi connectivity index (χ4v) is 1.94. The average Bonchev–Trinajstić information content (AvgIpc) is 2.53. The van der Waals surface area contributed by atoms with Gasteiger partial charge in [0.25, 0.3) is 5.91 Å². The summed E-state index contributed by atoms with van der Waals surface area (Å²) in [5.41, 5.74) is 5.63. The highest BCUT2D eigenvalue weighted by Crippen LogP contribution is 2.31. The number of carbonyl (C=O) groups excluding carboxylic acids is 2. The molecule has 3 N–H and O–H groups in total. The molecule has 0 spiro atoms. The molecule has 0 saturated heterocycles. The van der Waals surface area contributed by atoms with Crippen LogP contribution in [-0.4, -0.2) is 24.1 Å². The minimum atomic E-state index is -1.24. The second-order valence-corrected chi connectivity index (χ2v) is 4.45. The Bertz CT molecular complexity index is 684. The molecule has 1 unspecified atom stereocenters. The van der Waals surface area contributed by atoms with E-state index in [2.05, 4.69) is 0 Å². The van der Waals surface area contributed by atoms with E-state index in [1.807, 2.05) is 0 Å². The van der Waals surface area contributed by atoms with Crippen LogP contribution in [0.15, 0.2) is 48.5 Å². The third-order valence-electron chi connectivity index (χ3n) is 3.02. The van der Waals surface area contributed by atoms with E-state index in [0.717, 1.165) is 0 Å². The Morgan fingerprint density at radius 2 is 1.77 bits per heavy atom. The zero-order chi connectivity index (χ0) is 16.1. The van der Waals surface area contributed by atoms with Gasteiger partial charge in [0.1, 0.15) is 5.56 Å². The minimum absolute atomic E-state index is 0.110. The quantitative estimate of drug-likeness (QED) is 0.820. The molecular formula is C16H15NO5. The number of rotatable bonds is 5. The summed E-state index contributed by atoms with van der Waals surface area (Å²) in [5, 5.41) is 9.94. The molecule has 0 radical (unpaired) electrons. The van der Waals surface area contributed by atoms with Crippen molar-refractivity contribution in [1.82, 2.24) is 0 Å². The van der Waals surface area contributed by atoms with Crippen molar-refractivity contribution in [2.24, 2.45) is 5.73 Å². The van der Waals surface area contributed by atoms with Crippen molar-refractivity contribution in [2.75, 3.05) is 7.11 Å². The maximum absolute atomic E-state index is 12.2. The molecule has 0 aliphatic rings. The van der Waals surface area contributed by atoms with Gasteiger partial charge in [-0.25, -0.2) is 4.79 Å². The van der Waals surface area contributed by atoms with E-state index in [4.69, 9.17) is 15.2 Å². The van der Waals surface area contributed by atoms with Gasteiger partial charge in [0, 0.05) is 5.56 Å². The fourth-order valence-electron chi connectivity index (χ4n) is 1.94. The number of esters is 1. The van der Waals surface area contributed by atoms with E-state index in [9.17, 15) is 14.7 Å². The molecule has 0 aromatic heterocycles. The van der Waals surface area contributed by atoms with Crippen LogP contribution in [0.5, 0.6) is 11.5 Å². The highest BCUT2D eigenvalue weighted by molar-refractivity contribution is 5.95. The van der Waals surface area contributed by atoms with Crippen molar-refractivity contribution in [3.63, 3.8) is 0 Å². The maximum atomic E-state index is 12.2. The number of hydrogen-bond acceptors (Lipinski definition) is 5. The van der Waals surface area contributed by atoms with Crippen LogP contribution in [0.25, 0.3) is 0 Å². The number of phenols is 1. The van der Waals surface area contributed by atoms with Crippen LogP contribution in [0.3, 0.4) is 0 Å². The number of ether oxygens (including phenoxy) is 2. The SMILES string of the molecule is COc1cccc(C(=O)OC(C(N)=O)c2ccccc2)c1O. The zero-order valence-electron chi connectivity index (χ0n) is 11.9. The van der Waals surface area contributed by atoms with E-state index in [1.165, 1.54) is 25.3 Å². The van der Waals surface area contributed by atoms with Crippen LogP contribution in [-0.2, 0) is 9.53 Å². The number of carbonyl (C=O) groups is 2. The third-order valence-corrected chi connectivity index (χ3v) is 3.02.